The second-order valence-electron chi connectivity index (χ2n) is 24.1. The Kier molecular flexibility index (Phi) is 21.5. The zero-order valence-electron chi connectivity index (χ0n) is 47.3. The van der Waals surface area contributed by atoms with E-state index in [1.54, 1.807) is 0 Å². The standard InChI is InChI=1S/C30H39F3N4O3.C16H23NO2.C14H18F3N3O2/c1-29(2,3)22-6-11-25(12-7-22)36-16-14-21(15-17-36)28(38)34-19-20-4-8-23(9-5-20)35-24-10-13-27(37(39)40)26(18-24)30(31,32)33;1-16(2,3)13-4-6-14(7-5-13)17-10-8-12(9-11-17)15(18)19;15-14(16,17)12-7-11(5-6-13(12)20(21)22)19-10-3-1-9(8-18)2-4-10/h6-7,10-13,18,20-21,23,35H,4-5,8-9,14-17,19H2,1-3H3,(H,34,38);4-7,12H,8-11H2,1-3H3,(H,18,19);5-7,9-10,19H,1-4,8,18H2. The van der Waals surface area contributed by atoms with Gasteiger partial charge in [0, 0.05) is 85.6 Å². The van der Waals surface area contributed by atoms with Gasteiger partial charge in [-0.15, -0.1) is 0 Å². The summed E-state index contributed by atoms with van der Waals surface area (Å²) < 4.78 is 78.6. The number of carbonyl (C=O) groups is 2. The minimum atomic E-state index is -4.80. The number of nitrogens with one attached hydrogen (secondary N) is 3. The topological polar surface area (TPSA) is 209 Å². The van der Waals surface area contributed by atoms with Crippen LogP contribution in [0.2, 0.25) is 0 Å². The van der Waals surface area contributed by atoms with Gasteiger partial charge in [-0.1, -0.05) is 65.8 Å². The predicted molar refractivity (Wildman–Crippen MR) is 305 cm³/mol. The maximum absolute atomic E-state index is 13.3. The van der Waals surface area contributed by atoms with Gasteiger partial charge in [-0.25, -0.2) is 0 Å². The molecule has 2 saturated heterocycles. The third-order valence-corrected chi connectivity index (χ3v) is 16.2. The first-order valence-electron chi connectivity index (χ1n) is 28.2. The SMILES string of the molecule is CC(C)(C)c1ccc(N2CCC(C(=O)NCC3CCC(Nc4ccc([N+](=O)[O-])c(C(F)(F)F)c4)CC3)CC2)cc1.CC(C)(C)c1ccc(N2CCC(C(=O)O)CC2)cc1.NCC1CCC(Nc2ccc([N+](=O)[O-])c(C(F)(F)F)c2)CC1. The highest BCUT2D eigenvalue weighted by molar-refractivity contribution is 5.79. The number of anilines is 4. The molecule has 2 saturated carbocycles. The van der Waals surface area contributed by atoms with Gasteiger partial charge in [0.15, 0.2) is 0 Å². The van der Waals surface area contributed by atoms with Gasteiger partial charge >= 0.3 is 18.3 Å². The maximum atomic E-state index is 13.3. The van der Waals surface area contributed by atoms with E-state index in [1.807, 2.05) is 0 Å². The van der Waals surface area contributed by atoms with Crippen LogP contribution in [0.5, 0.6) is 0 Å². The fourth-order valence-corrected chi connectivity index (χ4v) is 11.1. The molecule has 2 aliphatic carbocycles. The number of hydrogen-bond acceptors (Lipinski definition) is 11. The number of nitro benzene ring substituents is 2. The summed E-state index contributed by atoms with van der Waals surface area (Å²) in [5, 5.41) is 40.0. The summed E-state index contributed by atoms with van der Waals surface area (Å²) in [6, 6.07) is 23.5. The molecule has 6 N–H and O–H groups in total. The molecule has 8 rings (SSSR count). The Hall–Kier alpha value is -6.64. The van der Waals surface area contributed by atoms with E-state index in [-0.39, 0.29) is 52.0 Å². The van der Waals surface area contributed by atoms with E-state index in [9.17, 15) is 56.2 Å². The van der Waals surface area contributed by atoms with Crippen LogP contribution < -0.4 is 31.5 Å². The van der Waals surface area contributed by atoms with E-state index in [2.05, 4.69) is 116 Å². The molecule has 0 atom stereocenters. The van der Waals surface area contributed by atoms with E-state index < -0.39 is 50.7 Å². The Morgan fingerprint density at radius 1 is 0.556 bits per heavy atom. The first-order chi connectivity index (χ1) is 38.0. The number of carboxylic acid groups (broad SMARTS) is 1. The number of carboxylic acids is 1. The number of nitrogens with zero attached hydrogens (tertiary/aromatic N) is 4. The number of carbonyl (C=O) groups excluding carboxylic acids is 1. The molecule has 2 aliphatic heterocycles. The summed E-state index contributed by atoms with van der Waals surface area (Å²) in [5.74, 6) is 0.0982. The highest BCUT2D eigenvalue weighted by atomic mass is 19.4. The van der Waals surface area contributed by atoms with Crippen LogP contribution in [0.1, 0.15) is 141 Å². The largest absolute Gasteiger partial charge is 0.481 e. The molecule has 4 fully saturated rings. The van der Waals surface area contributed by atoms with Gasteiger partial charge in [0.25, 0.3) is 11.4 Å². The molecule has 15 nitrogen and oxygen atoms in total. The van der Waals surface area contributed by atoms with Crippen molar-refractivity contribution >= 4 is 46.0 Å². The summed E-state index contributed by atoms with van der Waals surface area (Å²) >= 11 is 0. The van der Waals surface area contributed by atoms with E-state index in [1.165, 1.54) is 34.6 Å². The lowest BCUT2D eigenvalue weighted by molar-refractivity contribution is -0.388. The van der Waals surface area contributed by atoms with Crippen LogP contribution in [0.15, 0.2) is 84.9 Å². The second kappa shape index (κ2) is 27.4. The fourth-order valence-electron chi connectivity index (χ4n) is 11.1. The number of alkyl halides is 6. The van der Waals surface area contributed by atoms with Crippen LogP contribution in [-0.4, -0.2) is 78.2 Å². The number of amides is 1. The van der Waals surface area contributed by atoms with Gasteiger partial charge in [0.2, 0.25) is 5.91 Å². The highest BCUT2D eigenvalue weighted by Crippen LogP contribution is 2.40. The maximum Gasteiger partial charge on any atom is 0.423 e. The van der Waals surface area contributed by atoms with E-state index in [0.29, 0.717) is 24.9 Å². The molecule has 444 valence electrons. The molecule has 0 bridgehead atoms. The summed E-state index contributed by atoms with van der Waals surface area (Å²) in [7, 11) is 0. The lowest BCUT2D eigenvalue weighted by atomic mass is 9.85. The smallest absolute Gasteiger partial charge is 0.423 e. The van der Waals surface area contributed by atoms with Gasteiger partial charge in [-0.2, -0.15) is 26.3 Å². The lowest BCUT2D eigenvalue weighted by Crippen LogP contribution is -2.42. The Morgan fingerprint density at radius 3 is 1.23 bits per heavy atom. The minimum Gasteiger partial charge on any atom is -0.481 e. The number of halogens is 6. The van der Waals surface area contributed by atoms with Crippen LogP contribution in [0, 0.1) is 43.9 Å². The van der Waals surface area contributed by atoms with E-state index >= 15 is 0 Å². The van der Waals surface area contributed by atoms with E-state index in [0.717, 1.165) is 127 Å². The molecule has 0 unspecified atom stereocenters. The number of aliphatic carboxylic acids is 1. The first-order valence-corrected chi connectivity index (χ1v) is 28.2. The molecule has 1 amide bonds. The minimum absolute atomic E-state index is 0.00747. The summed E-state index contributed by atoms with van der Waals surface area (Å²) in [6.07, 6.45) is 0.323. The van der Waals surface area contributed by atoms with Crippen molar-refractivity contribution in [2.45, 2.75) is 154 Å². The van der Waals surface area contributed by atoms with Crippen LogP contribution in [0.3, 0.4) is 0 Å². The molecule has 0 radical (unpaired) electrons. The summed E-state index contributed by atoms with van der Waals surface area (Å²) in [6.45, 7) is 17.8. The lowest BCUT2D eigenvalue weighted by Gasteiger charge is -2.34. The van der Waals surface area contributed by atoms with E-state index in [4.69, 9.17) is 10.8 Å². The molecule has 21 heteroatoms. The van der Waals surface area contributed by atoms with Crippen LogP contribution in [-0.2, 0) is 32.8 Å². The van der Waals surface area contributed by atoms with Crippen LogP contribution in [0.25, 0.3) is 0 Å². The molecule has 4 aromatic rings. The highest BCUT2D eigenvalue weighted by Gasteiger charge is 2.40. The molecule has 81 heavy (non-hydrogen) atoms. The molecule has 0 aromatic heterocycles. The monoisotopic (exact) mass is 1140 g/mol. The van der Waals surface area contributed by atoms with Crippen molar-refractivity contribution in [3.63, 3.8) is 0 Å². The van der Waals surface area contributed by atoms with Crippen LogP contribution in [0.4, 0.5) is 60.5 Å². The average molecular weight is 1140 g/mol. The number of nitro groups is 2. The number of hydrogen-bond donors (Lipinski definition) is 5. The zero-order chi connectivity index (χ0) is 59.5. The van der Waals surface area contributed by atoms with Crippen molar-refractivity contribution in [3.8, 4) is 0 Å². The number of benzene rings is 4. The normalized spacial score (nSPS) is 20.4. The summed E-state index contributed by atoms with van der Waals surface area (Å²) in [5.41, 5.74) is 7.08. The zero-order valence-corrected chi connectivity index (χ0v) is 47.3. The number of rotatable bonds is 13. The van der Waals surface area contributed by atoms with Crippen molar-refractivity contribution in [1.82, 2.24) is 5.32 Å². The average Bonchev–Trinajstić information content (AvgIpc) is 3.43. The number of nitrogens with two attached hydrogens (primary N) is 1. The molecule has 4 aromatic carbocycles. The van der Waals surface area contributed by atoms with Gasteiger partial charge < -0.3 is 36.6 Å². The Bertz CT molecular complexity index is 2720. The van der Waals surface area contributed by atoms with Crippen molar-refractivity contribution in [1.29, 1.82) is 0 Å². The Labute approximate surface area is 471 Å². The molecular weight excluding hydrogens is 1060 g/mol. The van der Waals surface area contributed by atoms with Gasteiger partial charge in [-0.3, -0.25) is 29.8 Å². The number of piperidine rings is 2. The molecule has 4 aliphatic rings. The van der Waals surface area contributed by atoms with Gasteiger partial charge in [-0.05, 0) is 166 Å². The fraction of sp³-hybridized carbons (Fsp3) is 0.567. The first kappa shape index (κ1) is 63.5. The Balaban J connectivity index is 0.000000216. The van der Waals surface area contributed by atoms with Crippen molar-refractivity contribution < 1.29 is 50.9 Å². The van der Waals surface area contributed by atoms with Gasteiger partial charge in [0.1, 0.15) is 11.1 Å². The predicted octanol–water partition coefficient (Wildman–Crippen LogP) is 13.7. The quantitative estimate of drug-likeness (QED) is 0.0481. The molecule has 0 spiro atoms. The van der Waals surface area contributed by atoms with Crippen molar-refractivity contribution in [3.05, 3.63) is 127 Å². The summed E-state index contributed by atoms with van der Waals surface area (Å²) in [4.78, 5) is 48.1. The van der Waals surface area contributed by atoms with Gasteiger partial charge in [0.05, 0.1) is 15.8 Å². The second-order valence-corrected chi connectivity index (χ2v) is 24.1. The van der Waals surface area contributed by atoms with Crippen LogP contribution >= 0.6 is 0 Å². The third kappa shape index (κ3) is 18.4. The molecular formula is C60H80F6N8O7. The van der Waals surface area contributed by atoms with Crippen molar-refractivity contribution in [2.24, 2.45) is 29.4 Å². The third-order valence-electron chi connectivity index (χ3n) is 16.2. The molecule has 2 heterocycles. The van der Waals surface area contributed by atoms with Crippen molar-refractivity contribution in [2.75, 3.05) is 59.7 Å². The Morgan fingerprint density at radius 2 is 0.914 bits per heavy atom.